The highest BCUT2D eigenvalue weighted by Crippen LogP contribution is 2.30. The van der Waals surface area contributed by atoms with E-state index in [2.05, 4.69) is 15.4 Å². The fraction of sp³-hybridized carbons (Fsp3) is 0.263. The standard InChI is InChI=1S/C19H20N2O5/c1-24-18(22)14-8-6-13(7-9-14)10-20-19(23)21-11-15-12-25-16-4-2-3-5-17(16)26-15/h2-9,15H,10-12H2,1H3,(H2,20,21,23). The minimum absolute atomic E-state index is 0.241. The number of hydrogen-bond acceptors (Lipinski definition) is 5. The number of fused-ring (bicyclic) bond motifs is 1. The number of ether oxygens (including phenoxy) is 3. The molecule has 7 nitrogen and oxygen atoms in total. The van der Waals surface area contributed by atoms with Gasteiger partial charge in [-0.1, -0.05) is 24.3 Å². The number of carbonyl (C=O) groups excluding carboxylic acids is 2. The lowest BCUT2D eigenvalue weighted by molar-refractivity contribution is 0.0600. The smallest absolute Gasteiger partial charge is 0.337 e. The Bertz CT molecular complexity index is 776. The molecule has 0 fully saturated rings. The van der Waals surface area contributed by atoms with Crippen LogP contribution in [0.2, 0.25) is 0 Å². The van der Waals surface area contributed by atoms with E-state index in [0.29, 0.717) is 36.8 Å². The van der Waals surface area contributed by atoms with Gasteiger partial charge in [0.05, 0.1) is 19.2 Å². The predicted molar refractivity (Wildman–Crippen MR) is 94.4 cm³/mol. The third kappa shape index (κ3) is 4.44. The molecule has 2 amide bonds. The summed E-state index contributed by atoms with van der Waals surface area (Å²) in [5.74, 6) is 0.999. The number of methoxy groups -OCH3 is 1. The van der Waals surface area contributed by atoms with E-state index < -0.39 is 5.97 Å². The Balaban J connectivity index is 1.41. The molecule has 1 unspecified atom stereocenters. The van der Waals surface area contributed by atoms with Crippen molar-refractivity contribution in [2.75, 3.05) is 20.3 Å². The predicted octanol–water partition coefficient (Wildman–Crippen LogP) is 2.11. The normalized spacial score (nSPS) is 15.0. The molecule has 2 N–H and O–H groups in total. The molecule has 1 aliphatic rings. The third-order valence-electron chi connectivity index (χ3n) is 3.89. The molecule has 2 aromatic rings. The molecule has 0 saturated heterocycles. The molecular weight excluding hydrogens is 336 g/mol. The van der Waals surface area contributed by atoms with Crippen molar-refractivity contribution in [3.05, 3.63) is 59.7 Å². The Morgan fingerprint density at radius 3 is 2.54 bits per heavy atom. The van der Waals surface area contributed by atoms with E-state index in [1.54, 1.807) is 24.3 Å². The molecule has 1 heterocycles. The first-order chi connectivity index (χ1) is 12.7. The average molecular weight is 356 g/mol. The van der Waals surface area contributed by atoms with Crippen molar-refractivity contribution in [1.29, 1.82) is 0 Å². The van der Waals surface area contributed by atoms with Crippen LogP contribution in [0.15, 0.2) is 48.5 Å². The largest absolute Gasteiger partial charge is 0.486 e. The summed E-state index contributed by atoms with van der Waals surface area (Å²) in [6, 6.07) is 14.0. The number of urea groups is 1. The van der Waals surface area contributed by atoms with Gasteiger partial charge in [0.1, 0.15) is 6.61 Å². The lowest BCUT2D eigenvalue weighted by Gasteiger charge is -2.26. The summed E-state index contributed by atoms with van der Waals surface area (Å²) in [5.41, 5.74) is 1.34. The molecule has 2 aromatic carbocycles. The number of carbonyl (C=O) groups is 2. The zero-order valence-electron chi connectivity index (χ0n) is 14.4. The van der Waals surface area contributed by atoms with E-state index in [0.717, 1.165) is 5.56 Å². The molecule has 1 atom stereocenters. The zero-order chi connectivity index (χ0) is 18.4. The van der Waals surface area contributed by atoms with Crippen molar-refractivity contribution in [1.82, 2.24) is 10.6 Å². The number of amides is 2. The van der Waals surface area contributed by atoms with Gasteiger partial charge in [-0.05, 0) is 29.8 Å². The van der Waals surface area contributed by atoms with Gasteiger partial charge in [0, 0.05) is 6.54 Å². The van der Waals surface area contributed by atoms with E-state index in [-0.39, 0.29) is 12.1 Å². The van der Waals surface area contributed by atoms with Crippen LogP contribution in [0, 0.1) is 0 Å². The molecular formula is C19H20N2O5. The van der Waals surface area contributed by atoms with Crippen molar-refractivity contribution in [3.63, 3.8) is 0 Å². The first-order valence-corrected chi connectivity index (χ1v) is 8.23. The van der Waals surface area contributed by atoms with Gasteiger partial charge in [0.25, 0.3) is 0 Å². The van der Waals surface area contributed by atoms with Crippen LogP contribution in [0.4, 0.5) is 4.79 Å². The van der Waals surface area contributed by atoms with Crippen LogP contribution in [0.3, 0.4) is 0 Å². The number of nitrogens with one attached hydrogen (secondary N) is 2. The minimum atomic E-state index is -0.390. The van der Waals surface area contributed by atoms with Crippen LogP contribution in [0.25, 0.3) is 0 Å². The van der Waals surface area contributed by atoms with Crippen LogP contribution in [0.1, 0.15) is 15.9 Å². The molecule has 1 aliphatic heterocycles. The minimum Gasteiger partial charge on any atom is -0.486 e. The SMILES string of the molecule is COC(=O)c1ccc(CNC(=O)NCC2COc3ccccc3O2)cc1. The van der Waals surface area contributed by atoms with E-state index in [1.165, 1.54) is 7.11 Å². The van der Waals surface area contributed by atoms with Crippen molar-refractivity contribution < 1.29 is 23.8 Å². The highest BCUT2D eigenvalue weighted by molar-refractivity contribution is 5.89. The Labute approximate surface area is 151 Å². The summed E-state index contributed by atoms with van der Waals surface area (Å²) in [5, 5.41) is 5.52. The molecule has 0 aliphatic carbocycles. The van der Waals surface area contributed by atoms with Gasteiger partial charge in [-0.3, -0.25) is 0 Å². The van der Waals surface area contributed by atoms with Gasteiger partial charge in [-0.15, -0.1) is 0 Å². The second-order valence-corrected chi connectivity index (χ2v) is 5.75. The number of benzene rings is 2. The van der Waals surface area contributed by atoms with Crippen LogP contribution in [0.5, 0.6) is 11.5 Å². The average Bonchev–Trinajstić information content (AvgIpc) is 2.70. The van der Waals surface area contributed by atoms with Gasteiger partial charge in [0.15, 0.2) is 17.6 Å². The summed E-state index contributed by atoms with van der Waals surface area (Å²) >= 11 is 0. The molecule has 136 valence electrons. The van der Waals surface area contributed by atoms with Crippen molar-refractivity contribution in [3.8, 4) is 11.5 Å². The molecule has 7 heteroatoms. The fourth-order valence-corrected chi connectivity index (χ4v) is 2.49. The maximum absolute atomic E-state index is 11.9. The first-order valence-electron chi connectivity index (χ1n) is 8.23. The van der Waals surface area contributed by atoms with Crippen molar-refractivity contribution in [2.24, 2.45) is 0 Å². The van der Waals surface area contributed by atoms with Crippen LogP contribution < -0.4 is 20.1 Å². The molecule has 3 rings (SSSR count). The summed E-state index contributed by atoms with van der Waals surface area (Å²) < 4.78 is 16.0. The van der Waals surface area contributed by atoms with Gasteiger partial charge in [0.2, 0.25) is 0 Å². The quantitative estimate of drug-likeness (QED) is 0.802. The van der Waals surface area contributed by atoms with Gasteiger partial charge < -0.3 is 24.8 Å². The Morgan fingerprint density at radius 2 is 1.81 bits per heavy atom. The molecule has 0 aromatic heterocycles. The second kappa shape index (κ2) is 8.24. The number of esters is 1. The van der Waals surface area contributed by atoms with E-state index in [4.69, 9.17) is 9.47 Å². The Kier molecular flexibility index (Phi) is 5.58. The molecule has 0 saturated carbocycles. The van der Waals surface area contributed by atoms with Crippen molar-refractivity contribution in [2.45, 2.75) is 12.6 Å². The number of rotatable bonds is 5. The van der Waals surface area contributed by atoms with Crippen LogP contribution in [-0.2, 0) is 11.3 Å². The van der Waals surface area contributed by atoms with Crippen molar-refractivity contribution >= 4 is 12.0 Å². The van der Waals surface area contributed by atoms with E-state index in [1.807, 2.05) is 24.3 Å². The fourth-order valence-electron chi connectivity index (χ4n) is 2.49. The third-order valence-corrected chi connectivity index (χ3v) is 3.89. The molecule has 0 spiro atoms. The first kappa shape index (κ1) is 17.6. The topological polar surface area (TPSA) is 85.9 Å². The summed E-state index contributed by atoms with van der Waals surface area (Å²) in [7, 11) is 1.34. The second-order valence-electron chi connectivity index (χ2n) is 5.75. The molecule has 0 bridgehead atoms. The summed E-state index contributed by atoms with van der Waals surface area (Å²) in [6.07, 6.45) is -0.241. The Hall–Kier alpha value is -3.22. The Morgan fingerprint density at radius 1 is 1.08 bits per heavy atom. The summed E-state index contributed by atoms with van der Waals surface area (Å²) in [6.45, 7) is 1.06. The molecule has 0 radical (unpaired) electrons. The van der Waals surface area contributed by atoms with Crippen LogP contribution >= 0.6 is 0 Å². The monoisotopic (exact) mass is 356 g/mol. The lowest BCUT2D eigenvalue weighted by Crippen LogP contribution is -2.44. The number of para-hydroxylation sites is 2. The number of hydrogen-bond donors (Lipinski definition) is 2. The maximum atomic E-state index is 11.9. The highest BCUT2D eigenvalue weighted by atomic mass is 16.6. The molecule has 26 heavy (non-hydrogen) atoms. The zero-order valence-corrected chi connectivity index (χ0v) is 14.4. The van der Waals surface area contributed by atoms with E-state index >= 15 is 0 Å². The van der Waals surface area contributed by atoms with Crippen LogP contribution in [-0.4, -0.2) is 38.4 Å². The van der Waals surface area contributed by atoms with Gasteiger partial charge >= 0.3 is 12.0 Å². The maximum Gasteiger partial charge on any atom is 0.337 e. The summed E-state index contributed by atoms with van der Waals surface area (Å²) in [4.78, 5) is 23.3. The lowest BCUT2D eigenvalue weighted by atomic mass is 10.1. The highest BCUT2D eigenvalue weighted by Gasteiger charge is 2.20. The van der Waals surface area contributed by atoms with Gasteiger partial charge in [-0.2, -0.15) is 0 Å². The van der Waals surface area contributed by atoms with Gasteiger partial charge in [-0.25, -0.2) is 9.59 Å². The van der Waals surface area contributed by atoms with E-state index in [9.17, 15) is 9.59 Å².